The SMILES string of the molecule is N#Cc1cccc2c(-c3cncc(N4CCC4)n3)c[nH]c12. The highest BCUT2D eigenvalue weighted by Crippen LogP contribution is 2.30. The number of para-hydroxylation sites is 1. The molecule has 0 atom stereocenters. The normalized spacial score (nSPS) is 14.0. The van der Waals surface area contributed by atoms with Crippen molar-refractivity contribution in [1.82, 2.24) is 15.0 Å². The van der Waals surface area contributed by atoms with Gasteiger partial charge in [-0.15, -0.1) is 0 Å². The van der Waals surface area contributed by atoms with E-state index in [1.54, 1.807) is 12.4 Å². The first kappa shape index (κ1) is 11.9. The zero-order valence-corrected chi connectivity index (χ0v) is 11.4. The molecule has 1 aliphatic rings. The van der Waals surface area contributed by atoms with Gasteiger partial charge >= 0.3 is 0 Å². The zero-order valence-electron chi connectivity index (χ0n) is 11.4. The summed E-state index contributed by atoms with van der Waals surface area (Å²) in [6, 6.07) is 7.91. The second-order valence-electron chi connectivity index (χ2n) is 5.15. The molecule has 5 nitrogen and oxygen atoms in total. The molecule has 2 aromatic heterocycles. The van der Waals surface area contributed by atoms with E-state index in [1.165, 1.54) is 6.42 Å². The summed E-state index contributed by atoms with van der Waals surface area (Å²) in [4.78, 5) is 14.4. The molecule has 0 saturated carbocycles. The van der Waals surface area contributed by atoms with Crippen molar-refractivity contribution in [2.45, 2.75) is 6.42 Å². The summed E-state index contributed by atoms with van der Waals surface area (Å²) in [6.45, 7) is 2.09. The highest BCUT2D eigenvalue weighted by molar-refractivity contribution is 5.97. The quantitative estimate of drug-likeness (QED) is 0.780. The first-order valence-electron chi connectivity index (χ1n) is 6.94. The molecule has 4 rings (SSSR count). The van der Waals surface area contributed by atoms with Crippen molar-refractivity contribution in [2.24, 2.45) is 0 Å². The molecule has 1 saturated heterocycles. The minimum absolute atomic E-state index is 0.644. The molecule has 0 unspecified atom stereocenters. The van der Waals surface area contributed by atoms with Gasteiger partial charge in [-0.2, -0.15) is 5.26 Å². The number of anilines is 1. The number of hydrogen-bond acceptors (Lipinski definition) is 4. The molecule has 1 aliphatic heterocycles. The third-order valence-electron chi connectivity index (χ3n) is 3.91. The molecule has 102 valence electrons. The molecule has 0 amide bonds. The Bertz CT molecular complexity index is 854. The van der Waals surface area contributed by atoms with Gasteiger partial charge < -0.3 is 9.88 Å². The van der Waals surface area contributed by atoms with Crippen LogP contribution in [-0.2, 0) is 0 Å². The van der Waals surface area contributed by atoms with Crippen LogP contribution < -0.4 is 4.90 Å². The van der Waals surface area contributed by atoms with E-state index >= 15 is 0 Å². The Morgan fingerprint density at radius 2 is 2.14 bits per heavy atom. The van der Waals surface area contributed by atoms with E-state index in [9.17, 15) is 0 Å². The fourth-order valence-corrected chi connectivity index (χ4v) is 2.64. The average molecular weight is 275 g/mol. The molecule has 0 spiro atoms. The predicted octanol–water partition coefficient (Wildman–Crippen LogP) is 2.71. The summed E-state index contributed by atoms with van der Waals surface area (Å²) >= 11 is 0. The van der Waals surface area contributed by atoms with Crippen LogP contribution in [0.2, 0.25) is 0 Å². The number of aromatic nitrogens is 3. The fraction of sp³-hybridized carbons (Fsp3) is 0.188. The summed E-state index contributed by atoms with van der Waals surface area (Å²) in [7, 11) is 0. The Morgan fingerprint density at radius 1 is 1.24 bits per heavy atom. The van der Waals surface area contributed by atoms with E-state index < -0.39 is 0 Å². The monoisotopic (exact) mass is 275 g/mol. The summed E-state index contributed by atoms with van der Waals surface area (Å²) < 4.78 is 0. The minimum Gasteiger partial charge on any atom is -0.359 e. The summed E-state index contributed by atoms with van der Waals surface area (Å²) in [5.74, 6) is 0.921. The maximum Gasteiger partial charge on any atom is 0.147 e. The molecule has 21 heavy (non-hydrogen) atoms. The maximum absolute atomic E-state index is 9.17. The standard InChI is InChI=1S/C16H13N5/c17-7-11-3-1-4-12-13(8-19-16(11)12)14-9-18-10-15(20-14)21-5-2-6-21/h1,3-4,8-10,19H,2,5-6H2. The van der Waals surface area contributed by atoms with Gasteiger partial charge in [0.2, 0.25) is 0 Å². The molecule has 0 aliphatic carbocycles. The average Bonchev–Trinajstić information content (AvgIpc) is 2.89. The molecule has 0 radical (unpaired) electrons. The van der Waals surface area contributed by atoms with E-state index in [0.29, 0.717) is 5.56 Å². The third kappa shape index (κ3) is 1.84. The van der Waals surface area contributed by atoms with Crippen LogP contribution in [0.15, 0.2) is 36.8 Å². The number of nitrogens with one attached hydrogen (secondary N) is 1. The highest BCUT2D eigenvalue weighted by Gasteiger charge is 2.17. The van der Waals surface area contributed by atoms with Gasteiger partial charge in [0, 0.05) is 30.2 Å². The van der Waals surface area contributed by atoms with Crippen LogP contribution in [0.5, 0.6) is 0 Å². The van der Waals surface area contributed by atoms with Gasteiger partial charge in [0.15, 0.2) is 0 Å². The lowest BCUT2D eigenvalue weighted by atomic mass is 10.1. The molecule has 0 bridgehead atoms. The van der Waals surface area contributed by atoms with Gasteiger partial charge in [0.25, 0.3) is 0 Å². The van der Waals surface area contributed by atoms with Crippen LogP contribution in [0.3, 0.4) is 0 Å². The molecular formula is C16H13N5. The van der Waals surface area contributed by atoms with Crippen molar-refractivity contribution in [2.75, 3.05) is 18.0 Å². The number of aromatic amines is 1. The van der Waals surface area contributed by atoms with Crippen LogP contribution in [0.25, 0.3) is 22.2 Å². The second-order valence-corrected chi connectivity index (χ2v) is 5.15. The number of hydrogen-bond donors (Lipinski definition) is 1. The van der Waals surface area contributed by atoms with Crippen LogP contribution in [0.1, 0.15) is 12.0 Å². The topological polar surface area (TPSA) is 68.6 Å². The van der Waals surface area contributed by atoms with Crippen LogP contribution in [-0.4, -0.2) is 28.0 Å². The highest BCUT2D eigenvalue weighted by atomic mass is 15.2. The van der Waals surface area contributed by atoms with Crippen molar-refractivity contribution in [3.63, 3.8) is 0 Å². The van der Waals surface area contributed by atoms with Gasteiger partial charge in [-0.25, -0.2) is 4.98 Å². The van der Waals surface area contributed by atoms with Crippen molar-refractivity contribution in [3.8, 4) is 17.3 Å². The van der Waals surface area contributed by atoms with Gasteiger partial charge in [-0.1, -0.05) is 12.1 Å². The molecule has 1 fully saturated rings. The van der Waals surface area contributed by atoms with E-state index in [0.717, 1.165) is 41.1 Å². The Hall–Kier alpha value is -2.87. The first-order valence-corrected chi connectivity index (χ1v) is 6.94. The van der Waals surface area contributed by atoms with Gasteiger partial charge in [0.05, 0.1) is 29.2 Å². The largest absolute Gasteiger partial charge is 0.359 e. The van der Waals surface area contributed by atoms with E-state index in [1.807, 2.05) is 24.4 Å². The number of benzene rings is 1. The Morgan fingerprint density at radius 3 is 2.90 bits per heavy atom. The van der Waals surface area contributed by atoms with Crippen molar-refractivity contribution in [1.29, 1.82) is 5.26 Å². The molecule has 3 heterocycles. The van der Waals surface area contributed by atoms with Crippen LogP contribution in [0, 0.1) is 11.3 Å². The van der Waals surface area contributed by atoms with Gasteiger partial charge in [0.1, 0.15) is 11.9 Å². The summed E-state index contributed by atoms with van der Waals surface area (Å²) in [5, 5.41) is 10.2. The van der Waals surface area contributed by atoms with E-state index in [2.05, 4.69) is 20.9 Å². The first-order chi connectivity index (χ1) is 10.4. The maximum atomic E-state index is 9.17. The Kier molecular flexibility index (Phi) is 2.61. The minimum atomic E-state index is 0.644. The summed E-state index contributed by atoms with van der Waals surface area (Å²) in [5.41, 5.74) is 3.31. The summed E-state index contributed by atoms with van der Waals surface area (Å²) in [6.07, 6.45) is 6.68. The molecule has 5 heteroatoms. The lowest BCUT2D eigenvalue weighted by Gasteiger charge is -2.31. The van der Waals surface area contributed by atoms with Gasteiger partial charge in [-0.3, -0.25) is 4.98 Å². The van der Waals surface area contributed by atoms with Gasteiger partial charge in [-0.05, 0) is 12.5 Å². The second kappa shape index (κ2) is 4.60. The van der Waals surface area contributed by atoms with Crippen LogP contribution in [0.4, 0.5) is 5.82 Å². The number of nitrogens with zero attached hydrogens (tertiary/aromatic N) is 4. The lowest BCUT2D eigenvalue weighted by molar-refractivity contribution is 0.608. The Balaban J connectivity index is 1.85. The predicted molar refractivity (Wildman–Crippen MR) is 80.9 cm³/mol. The molecular weight excluding hydrogens is 262 g/mol. The van der Waals surface area contributed by atoms with Crippen molar-refractivity contribution >= 4 is 16.7 Å². The van der Waals surface area contributed by atoms with E-state index in [-0.39, 0.29) is 0 Å². The molecule has 1 aromatic carbocycles. The molecule has 1 N–H and O–H groups in total. The third-order valence-corrected chi connectivity index (χ3v) is 3.91. The smallest absolute Gasteiger partial charge is 0.147 e. The number of H-pyrrole nitrogens is 1. The molecule has 3 aromatic rings. The van der Waals surface area contributed by atoms with E-state index in [4.69, 9.17) is 10.2 Å². The van der Waals surface area contributed by atoms with Crippen molar-refractivity contribution < 1.29 is 0 Å². The lowest BCUT2D eigenvalue weighted by Crippen LogP contribution is -2.37. The fourth-order valence-electron chi connectivity index (χ4n) is 2.64. The zero-order chi connectivity index (χ0) is 14.2. The number of rotatable bonds is 2. The van der Waals surface area contributed by atoms with Crippen molar-refractivity contribution in [3.05, 3.63) is 42.4 Å². The number of nitriles is 1. The number of fused-ring (bicyclic) bond motifs is 1. The van der Waals surface area contributed by atoms with Crippen LogP contribution >= 0.6 is 0 Å². The Labute approximate surface area is 121 Å².